The van der Waals surface area contributed by atoms with Gasteiger partial charge in [-0.05, 0) is 30.3 Å². The standard InChI is InChI=1S/C18H21ClN2O4.2ClH/c19-16-3-1-13(18(22)23)11-15(16)17-4-2-14(25-17)12-20-5-6-21-7-9-24-10-8-21;;/h1-4,11,20H,5-10,12H2,(H,22,23);2*1H. The molecule has 1 aliphatic heterocycles. The minimum Gasteiger partial charge on any atom is -0.478 e. The van der Waals surface area contributed by atoms with Gasteiger partial charge >= 0.3 is 5.97 Å². The summed E-state index contributed by atoms with van der Waals surface area (Å²) in [5.74, 6) is 0.362. The van der Waals surface area contributed by atoms with Crippen LogP contribution in [0.3, 0.4) is 0 Å². The van der Waals surface area contributed by atoms with Crippen LogP contribution in [0.2, 0.25) is 5.02 Å². The highest BCUT2D eigenvalue weighted by Gasteiger charge is 2.13. The second-order valence-electron chi connectivity index (χ2n) is 5.90. The Balaban J connectivity index is 0.00000182. The van der Waals surface area contributed by atoms with Crippen LogP contribution in [-0.4, -0.2) is 55.4 Å². The monoisotopic (exact) mass is 436 g/mol. The summed E-state index contributed by atoms with van der Waals surface area (Å²) >= 11 is 6.17. The summed E-state index contributed by atoms with van der Waals surface area (Å²) in [6, 6.07) is 8.26. The van der Waals surface area contributed by atoms with Crippen LogP contribution in [0.15, 0.2) is 34.7 Å². The molecule has 2 aromatic rings. The molecule has 0 aliphatic carbocycles. The Kier molecular flexibility index (Phi) is 10.2. The van der Waals surface area contributed by atoms with E-state index in [2.05, 4.69) is 10.2 Å². The molecule has 2 heterocycles. The molecule has 1 aromatic heterocycles. The molecule has 0 atom stereocenters. The van der Waals surface area contributed by atoms with Crippen LogP contribution in [-0.2, 0) is 11.3 Å². The Morgan fingerprint density at radius 3 is 2.63 bits per heavy atom. The highest BCUT2D eigenvalue weighted by molar-refractivity contribution is 6.33. The number of nitrogens with zero attached hydrogens (tertiary/aromatic N) is 1. The lowest BCUT2D eigenvalue weighted by Crippen LogP contribution is -2.40. The van der Waals surface area contributed by atoms with Gasteiger partial charge in [-0.3, -0.25) is 4.90 Å². The molecule has 1 fully saturated rings. The molecular formula is C18H23Cl3N2O4. The molecule has 6 nitrogen and oxygen atoms in total. The Morgan fingerprint density at radius 1 is 1.19 bits per heavy atom. The van der Waals surface area contributed by atoms with Gasteiger partial charge in [0.15, 0.2) is 0 Å². The van der Waals surface area contributed by atoms with Crippen molar-refractivity contribution in [3.05, 3.63) is 46.7 Å². The number of furan rings is 1. The third kappa shape index (κ3) is 6.68. The number of hydrogen-bond donors (Lipinski definition) is 2. The van der Waals surface area contributed by atoms with E-state index in [1.54, 1.807) is 6.07 Å². The number of rotatable bonds is 7. The first-order valence-electron chi connectivity index (χ1n) is 8.26. The predicted molar refractivity (Wildman–Crippen MR) is 110 cm³/mol. The summed E-state index contributed by atoms with van der Waals surface area (Å²) in [6.07, 6.45) is 0. The zero-order valence-corrected chi connectivity index (χ0v) is 17.0. The molecule has 0 saturated carbocycles. The van der Waals surface area contributed by atoms with Crippen molar-refractivity contribution in [1.82, 2.24) is 10.2 Å². The van der Waals surface area contributed by atoms with Gasteiger partial charge in [0.2, 0.25) is 0 Å². The maximum Gasteiger partial charge on any atom is 0.335 e. The van der Waals surface area contributed by atoms with Crippen molar-refractivity contribution in [2.75, 3.05) is 39.4 Å². The molecule has 0 bridgehead atoms. The summed E-state index contributed by atoms with van der Waals surface area (Å²) < 4.78 is 11.1. The van der Waals surface area contributed by atoms with E-state index in [-0.39, 0.29) is 30.4 Å². The van der Waals surface area contributed by atoms with Crippen molar-refractivity contribution in [2.24, 2.45) is 0 Å². The zero-order chi connectivity index (χ0) is 17.6. The first-order valence-corrected chi connectivity index (χ1v) is 8.64. The van der Waals surface area contributed by atoms with Crippen LogP contribution < -0.4 is 5.32 Å². The molecule has 3 rings (SSSR count). The van der Waals surface area contributed by atoms with Crippen molar-refractivity contribution >= 4 is 42.4 Å². The minimum atomic E-state index is -0.991. The fourth-order valence-corrected chi connectivity index (χ4v) is 2.95. The maximum absolute atomic E-state index is 11.1. The molecule has 9 heteroatoms. The summed E-state index contributed by atoms with van der Waals surface area (Å²) in [6.45, 7) is 6.01. The molecule has 27 heavy (non-hydrogen) atoms. The normalized spacial score (nSPS) is 14.3. The van der Waals surface area contributed by atoms with E-state index in [0.717, 1.165) is 45.2 Å². The molecule has 0 amide bonds. The quantitative estimate of drug-likeness (QED) is 0.645. The molecule has 0 radical (unpaired) electrons. The maximum atomic E-state index is 11.1. The summed E-state index contributed by atoms with van der Waals surface area (Å²) in [7, 11) is 0. The average molecular weight is 438 g/mol. The van der Waals surface area contributed by atoms with Gasteiger partial charge in [0.25, 0.3) is 0 Å². The van der Waals surface area contributed by atoms with Gasteiger partial charge in [-0.15, -0.1) is 24.8 Å². The van der Waals surface area contributed by atoms with E-state index in [9.17, 15) is 4.79 Å². The number of nitrogens with one attached hydrogen (secondary N) is 1. The molecule has 1 aliphatic rings. The van der Waals surface area contributed by atoms with Crippen molar-refractivity contribution in [3.8, 4) is 11.3 Å². The number of ether oxygens (including phenoxy) is 1. The van der Waals surface area contributed by atoms with E-state index in [1.807, 2.05) is 12.1 Å². The van der Waals surface area contributed by atoms with Crippen LogP contribution in [0.25, 0.3) is 11.3 Å². The average Bonchev–Trinajstić information content (AvgIpc) is 3.08. The van der Waals surface area contributed by atoms with Crippen molar-refractivity contribution in [1.29, 1.82) is 0 Å². The second-order valence-corrected chi connectivity index (χ2v) is 6.30. The molecule has 2 N–H and O–H groups in total. The summed E-state index contributed by atoms with van der Waals surface area (Å²) in [4.78, 5) is 13.5. The number of carboxylic acids is 1. The Bertz CT molecular complexity index is 733. The van der Waals surface area contributed by atoms with E-state index in [4.69, 9.17) is 25.9 Å². The third-order valence-electron chi connectivity index (χ3n) is 4.15. The Labute approximate surface area is 175 Å². The van der Waals surface area contributed by atoms with Crippen molar-refractivity contribution < 1.29 is 19.1 Å². The van der Waals surface area contributed by atoms with Crippen LogP contribution in [0.5, 0.6) is 0 Å². The number of carboxylic acid groups (broad SMARTS) is 1. The molecule has 150 valence electrons. The predicted octanol–water partition coefficient (Wildman–Crippen LogP) is 3.56. The Morgan fingerprint density at radius 2 is 1.93 bits per heavy atom. The smallest absolute Gasteiger partial charge is 0.335 e. The van der Waals surface area contributed by atoms with E-state index < -0.39 is 5.97 Å². The highest BCUT2D eigenvalue weighted by Crippen LogP contribution is 2.30. The van der Waals surface area contributed by atoms with Gasteiger partial charge in [0, 0.05) is 31.7 Å². The van der Waals surface area contributed by atoms with Crippen LogP contribution in [0.1, 0.15) is 16.1 Å². The lowest BCUT2D eigenvalue weighted by Gasteiger charge is -2.26. The SMILES string of the molecule is Cl.Cl.O=C(O)c1ccc(Cl)c(-c2ccc(CNCCN3CCOCC3)o2)c1. The molecule has 1 saturated heterocycles. The topological polar surface area (TPSA) is 74.9 Å². The van der Waals surface area contributed by atoms with Gasteiger partial charge in [-0.2, -0.15) is 0 Å². The number of morpholine rings is 1. The van der Waals surface area contributed by atoms with E-state index in [1.165, 1.54) is 12.1 Å². The summed E-state index contributed by atoms with van der Waals surface area (Å²) in [5, 5.41) is 12.9. The number of benzene rings is 1. The number of aromatic carboxylic acids is 1. The van der Waals surface area contributed by atoms with Gasteiger partial charge in [-0.25, -0.2) is 4.79 Å². The Hall–Kier alpha value is -1.28. The summed E-state index contributed by atoms with van der Waals surface area (Å²) in [5.41, 5.74) is 0.766. The highest BCUT2D eigenvalue weighted by atomic mass is 35.5. The van der Waals surface area contributed by atoms with Gasteiger partial charge in [0.1, 0.15) is 11.5 Å². The fraction of sp³-hybridized carbons (Fsp3) is 0.389. The fourth-order valence-electron chi connectivity index (χ4n) is 2.74. The van der Waals surface area contributed by atoms with Crippen molar-refractivity contribution in [2.45, 2.75) is 6.54 Å². The van der Waals surface area contributed by atoms with Gasteiger partial charge in [-0.1, -0.05) is 11.6 Å². The van der Waals surface area contributed by atoms with Crippen LogP contribution in [0, 0.1) is 0 Å². The van der Waals surface area contributed by atoms with Crippen LogP contribution >= 0.6 is 36.4 Å². The molecule has 0 spiro atoms. The van der Waals surface area contributed by atoms with Crippen LogP contribution in [0.4, 0.5) is 0 Å². The van der Waals surface area contributed by atoms with E-state index in [0.29, 0.717) is 22.9 Å². The number of hydrogen-bond acceptors (Lipinski definition) is 5. The zero-order valence-electron chi connectivity index (χ0n) is 14.7. The molecule has 0 unspecified atom stereocenters. The third-order valence-corrected chi connectivity index (χ3v) is 4.48. The number of carbonyl (C=O) groups is 1. The van der Waals surface area contributed by atoms with Crippen molar-refractivity contribution in [3.63, 3.8) is 0 Å². The van der Waals surface area contributed by atoms with E-state index >= 15 is 0 Å². The molecular weight excluding hydrogens is 415 g/mol. The lowest BCUT2D eigenvalue weighted by molar-refractivity contribution is 0.0383. The minimum absolute atomic E-state index is 0. The lowest BCUT2D eigenvalue weighted by atomic mass is 10.1. The van der Waals surface area contributed by atoms with Gasteiger partial charge in [0.05, 0.1) is 30.3 Å². The second kappa shape index (κ2) is 11.5. The largest absolute Gasteiger partial charge is 0.478 e. The molecule has 1 aromatic carbocycles. The van der Waals surface area contributed by atoms with Gasteiger partial charge < -0.3 is 19.6 Å². The number of halogens is 3. The first-order chi connectivity index (χ1) is 12.1. The first kappa shape index (κ1) is 23.8.